The van der Waals surface area contributed by atoms with Crippen LogP contribution in [0.1, 0.15) is 22.7 Å². The Morgan fingerprint density at radius 3 is 2.14 bits per heavy atom. The Labute approximate surface area is 165 Å². The monoisotopic (exact) mass is 426 g/mol. The molecule has 2 aromatic carbocycles. The van der Waals surface area contributed by atoms with Crippen LogP contribution in [-0.2, 0) is 16.2 Å². The Morgan fingerprint density at radius 1 is 0.929 bits per heavy atom. The number of benzene rings is 2. The zero-order chi connectivity index (χ0) is 20.4. The van der Waals surface area contributed by atoms with Crippen LogP contribution in [0.3, 0.4) is 0 Å². The van der Waals surface area contributed by atoms with Gasteiger partial charge in [-0.05, 0) is 41.5 Å². The van der Waals surface area contributed by atoms with Crippen LogP contribution in [0.2, 0.25) is 5.02 Å². The van der Waals surface area contributed by atoms with Crippen LogP contribution in [-0.4, -0.2) is 13.4 Å². The standard InChI is InChI=1S/C19H14ClF3N2O2S/c20-17-7-6-15(12-16(17)19(21,22)23)28(26,27)25-18(13-4-2-1-3-5-13)14-8-10-24-11-9-14/h1-12,18,25H. The van der Waals surface area contributed by atoms with Gasteiger partial charge in [0.1, 0.15) is 0 Å². The van der Waals surface area contributed by atoms with E-state index in [1.54, 1.807) is 42.5 Å². The highest BCUT2D eigenvalue weighted by molar-refractivity contribution is 7.89. The summed E-state index contributed by atoms with van der Waals surface area (Å²) in [6.45, 7) is 0. The summed E-state index contributed by atoms with van der Waals surface area (Å²) in [5.41, 5.74) is 0.00859. The van der Waals surface area contributed by atoms with Gasteiger partial charge in [0.2, 0.25) is 10.0 Å². The Hall–Kier alpha value is -2.42. The number of sulfonamides is 1. The highest BCUT2D eigenvalue weighted by Crippen LogP contribution is 2.36. The molecule has 0 radical (unpaired) electrons. The Morgan fingerprint density at radius 2 is 1.54 bits per heavy atom. The van der Waals surface area contributed by atoms with Crippen LogP contribution in [0.25, 0.3) is 0 Å². The van der Waals surface area contributed by atoms with Crippen molar-refractivity contribution in [3.63, 3.8) is 0 Å². The highest BCUT2D eigenvalue weighted by atomic mass is 35.5. The van der Waals surface area contributed by atoms with Gasteiger partial charge in [0.25, 0.3) is 0 Å². The first-order valence-electron chi connectivity index (χ1n) is 8.02. The second kappa shape index (κ2) is 7.90. The molecule has 0 aliphatic rings. The molecule has 1 aromatic heterocycles. The minimum Gasteiger partial charge on any atom is -0.265 e. The molecule has 3 aromatic rings. The minimum absolute atomic E-state index is 0.527. The van der Waals surface area contributed by atoms with Crippen LogP contribution in [0.4, 0.5) is 13.2 Å². The molecule has 0 bridgehead atoms. The van der Waals surface area contributed by atoms with Crippen LogP contribution in [0, 0.1) is 0 Å². The van der Waals surface area contributed by atoms with Crippen molar-refractivity contribution in [2.45, 2.75) is 17.1 Å². The quantitative estimate of drug-likeness (QED) is 0.636. The molecule has 0 fully saturated rings. The van der Waals surface area contributed by atoms with Crippen molar-refractivity contribution >= 4 is 21.6 Å². The first kappa shape index (κ1) is 20.3. The lowest BCUT2D eigenvalue weighted by atomic mass is 10.0. The molecule has 0 saturated carbocycles. The lowest BCUT2D eigenvalue weighted by Gasteiger charge is -2.20. The van der Waals surface area contributed by atoms with E-state index in [1.807, 2.05) is 0 Å². The van der Waals surface area contributed by atoms with Crippen molar-refractivity contribution in [3.05, 3.63) is 94.8 Å². The topological polar surface area (TPSA) is 59.1 Å². The van der Waals surface area contributed by atoms with Crippen molar-refractivity contribution in [3.8, 4) is 0 Å². The van der Waals surface area contributed by atoms with Gasteiger partial charge in [-0.3, -0.25) is 4.98 Å². The largest absolute Gasteiger partial charge is 0.417 e. The Bertz CT molecular complexity index is 1020. The lowest BCUT2D eigenvalue weighted by Crippen LogP contribution is -2.29. The van der Waals surface area contributed by atoms with Crippen molar-refractivity contribution in [1.82, 2.24) is 9.71 Å². The molecule has 4 nitrogen and oxygen atoms in total. The molecule has 9 heteroatoms. The smallest absolute Gasteiger partial charge is 0.265 e. The van der Waals surface area contributed by atoms with E-state index in [2.05, 4.69) is 9.71 Å². The number of nitrogens with one attached hydrogen (secondary N) is 1. The van der Waals surface area contributed by atoms with Gasteiger partial charge in [0.05, 0.1) is 21.5 Å². The van der Waals surface area contributed by atoms with Gasteiger partial charge in [-0.2, -0.15) is 17.9 Å². The van der Waals surface area contributed by atoms with Crippen molar-refractivity contribution in [1.29, 1.82) is 0 Å². The molecule has 1 N–H and O–H groups in total. The van der Waals surface area contributed by atoms with Crippen LogP contribution >= 0.6 is 11.6 Å². The molecule has 0 saturated heterocycles. The molecule has 3 rings (SSSR count). The van der Waals surface area contributed by atoms with Gasteiger partial charge in [0, 0.05) is 12.4 Å². The predicted octanol–water partition coefficient (Wildman–Crippen LogP) is 4.82. The number of nitrogens with zero attached hydrogens (tertiary/aromatic N) is 1. The zero-order valence-electron chi connectivity index (χ0n) is 14.2. The van der Waals surface area contributed by atoms with Crippen LogP contribution in [0.15, 0.2) is 78.0 Å². The van der Waals surface area contributed by atoms with Crippen molar-refractivity contribution in [2.24, 2.45) is 0 Å². The molecule has 0 aliphatic carbocycles. The fraction of sp³-hybridized carbons (Fsp3) is 0.105. The molecular formula is C19H14ClF3N2O2S. The number of pyridine rings is 1. The van der Waals surface area contributed by atoms with E-state index in [0.29, 0.717) is 17.2 Å². The normalized spacial score (nSPS) is 13.3. The van der Waals surface area contributed by atoms with E-state index < -0.39 is 37.7 Å². The summed E-state index contributed by atoms with van der Waals surface area (Å²) in [5.74, 6) is 0. The zero-order valence-corrected chi connectivity index (χ0v) is 15.8. The van der Waals surface area contributed by atoms with Crippen LogP contribution < -0.4 is 4.72 Å². The molecule has 28 heavy (non-hydrogen) atoms. The minimum atomic E-state index is -4.77. The molecule has 1 unspecified atom stereocenters. The summed E-state index contributed by atoms with van der Waals surface area (Å²) in [4.78, 5) is 3.38. The summed E-state index contributed by atoms with van der Waals surface area (Å²) in [6.07, 6.45) is -1.76. The second-order valence-electron chi connectivity index (χ2n) is 5.88. The molecule has 146 valence electrons. The van der Waals surface area contributed by atoms with Gasteiger partial charge in [0.15, 0.2) is 0 Å². The molecule has 1 atom stereocenters. The van der Waals surface area contributed by atoms with Gasteiger partial charge < -0.3 is 0 Å². The van der Waals surface area contributed by atoms with Gasteiger partial charge >= 0.3 is 6.18 Å². The molecule has 0 aliphatic heterocycles. The number of alkyl halides is 3. The Kier molecular flexibility index (Phi) is 5.74. The SMILES string of the molecule is O=S(=O)(NC(c1ccccc1)c1ccncc1)c1ccc(Cl)c(C(F)(F)F)c1. The van der Waals surface area contributed by atoms with E-state index in [0.717, 1.165) is 12.1 Å². The van der Waals surface area contributed by atoms with Crippen molar-refractivity contribution in [2.75, 3.05) is 0 Å². The van der Waals surface area contributed by atoms with E-state index >= 15 is 0 Å². The van der Waals surface area contributed by atoms with E-state index in [1.165, 1.54) is 12.4 Å². The van der Waals surface area contributed by atoms with Crippen LogP contribution in [0.5, 0.6) is 0 Å². The number of aromatic nitrogens is 1. The number of hydrogen-bond acceptors (Lipinski definition) is 3. The Balaban J connectivity index is 2.04. The van der Waals surface area contributed by atoms with E-state index in [-0.39, 0.29) is 0 Å². The summed E-state index contributed by atoms with van der Waals surface area (Å²) < 4.78 is 67.5. The maximum atomic E-state index is 13.1. The molecule has 0 amide bonds. The third-order valence-corrected chi connectivity index (χ3v) is 5.75. The highest BCUT2D eigenvalue weighted by Gasteiger charge is 2.35. The summed E-state index contributed by atoms with van der Waals surface area (Å²) in [6, 6.07) is 13.6. The summed E-state index contributed by atoms with van der Waals surface area (Å²) >= 11 is 5.59. The first-order valence-corrected chi connectivity index (χ1v) is 9.88. The fourth-order valence-electron chi connectivity index (χ4n) is 2.64. The maximum absolute atomic E-state index is 13.1. The molecule has 0 spiro atoms. The van der Waals surface area contributed by atoms with Crippen molar-refractivity contribution < 1.29 is 21.6 Å². The summed E-state index contributed by atoms with van der Waals surface area (Å²) in [5, 5.41) is -0.569. The maximum Gasteiger partial charge on any atom is 0.417 e. The third-order valence-electron chi connectivity index (χ3n) is 4.00. The average molecular weight is 427 g/mol. The number of halogens is 4. The second-order valence-corrected chi connectivity index (χ2v) is 8.01. The van der Waals surface area contributed by atoms with Gasteiger partial charge in [-0.15, -0.1) is 0 Å². The predicted molar refractivity (Wildman–Crippen MR) is 99.3 cm³/mol. The van der Waals surface area contributed by atoms with Gasteiger partial charge in [-0.1, -0.05) is 41.9 Å². The fourth-order valence-corrected chi connectivity index (χ4v) is 4.11. The van der Waals surface area contributed by atoms with E-state index in [9.17, 15) is 21.6 Å². The summed E-state index contributed by atoms with van der Waals surface area (Å²) in [7, 11) is -4.28. The third kappa shape index (κ3) is 4.52. The first-order chi connectivity index (χ1) is 13.2. The lowest BCUT2D eigenvalue weighted by molar-refractivity contribution is -0.137. The average Bonchev–Trinajstić information content (AvgIpc) is 2.67. The van der Waals surface area contributed by atoms with Gasteiger partial charge in [-0.25, -0.2) is 8.42 Å². The number of hydrogen-bond donors (Lipinski definition) is 1. The molecular weight excluding hydrogens is 413 g/mol. The number of rotatable bonds is 5. The van der Waals surface area contributed by atoms with E-state index in [4.69, 9.17) is 11.6 Å². The molecule has 1 heterocycles.